The lowest BCUT2D eigenvalue weighted by Gasteiger charge is -2.37. The number of hydrogen-bond donors (Lipinski definition) is 1. The van der Waals surface area contributed by atoms with E-state index in [1.807, 2.05) is 12.1 Å². The zero-order valence-electron chi connectivity index (χ0n) is 21.5. The summed E-state index contributed by atoms with van der Waals surface area (Å²) in [5.74, 6) is 0.542. The maximum Gasteiger partial charge on any atom is 0.243 e. The van der Waals surface area contributed by atoms with E-state index in [-0.39, 0.29) is 23.4 Å². The minimum absolute atomic E-state index is 0.0447. The molecular weight excluding hydrogens is 490 g/mol. The molecule has 1 amide bonds. The van der Waals surface area contributed by atoms with Crippen LogP contribution < -0.4 is 14.4 Å². The third-order valence-corrected chi connectivity index (χ3v) is 8.65. The molecule has 0 radical (unpaired) electrons. The van der Waals surface area contributed by atoms with Crippen molar-refractivity contribution in [2.75, 3.05) is 54.0 Å². The zero-order chi connectivity index (χ0) is 26.4. The molecule has 4 rings (SSSR count). The van der Waals surface area contributed by atoms with Crippen LogP contribution >= 0.6 is 0 Å². The van der Waals surface area contributed by atoms with Crippen LogP contribution in [0.2, 0.25) is 0 Å². The Hall–Kier alpha value is -3.40. The molecule has 3 aromatic carbocycles. The van der Waals surface area contributed by atoms with Gasteiger partial charge >= 0.3 is 0 Å². The van der Waals surface area contributed by atoms with Gasteiger partial charge in [0.05, 0.1) is 51.8 Å². The topological polar surface area (TPSA) is 80.6 Å². The van der Waals surface area contributed by atoms with E-state index < -0.39 is 10.0 Å². The number of sulfonamides is 1. The van der Waals surface area contributed by atoms with E-state index in [2.05, 4.69) is 48.5 Å². The second-order valence-electron chi connectivity index (χ2n) is 9.07. The van der Waals surface area contributed by atoms with Gasteiger partial charge < -0.3 is 19.3 Å². The van der Waals surface area contributed by atoms with Gasteiger partial charge in [0.15, 0.2) is 11.5 Å². The van der Waals surface area contributed by atoms with Crippen LogP contribution in [0.4, 0.5) is 0 Å². The lowest BCUT2D eigenvalue weighted by atomic mass is 9.96. The van der Waals surface area contributed by atoms with Crippen molar-refractivity contribution < 1.29 is 27.6 Å². The number of nitrogens with one attached hydrogen (secondary N) is 1. The highest BCUT2D eigenvalue weighted by atomic mass is 32.2. The Morgan fingerprint density at radius 2 is 1.43 bits per heavy atom. The number of amides is 1. The van der Waals surface area contributed by atoms with Crippen LogP contribution in [0.5, 0.6) is 11.5 Å². The first-order valence-corrected chi connectivity index (χ1v) is 13.7. The number of carbonyl (C=O) groups excluding carboxylic acids is 1. The number of piperazine rings is 1. The van der Waals surface area contributed by atoms with E-state index >= 15 is 0 Å². The van der Waals surface area contributed by atoms with E-state index in [0.29, 0.717) is 24.6 Å². The molecule has 1 N–H and O–H groups in total. The summed E-state index contributed by atoms with van der Waals surface area (Å²) in [5, 5.41) is 0. The normalized spacial score (nSPS) is 14.7. The quantitative estimate of drug-likeness (QED) is 0.462. The van der Waals surface area contributed by atoms with Crippen LogP contribution in [0.3, 0.4) is 0 Å². The summed E-state index contributed by atoms with van der Waals surface area (Å²) in [5.41, 5.74) is 2.48. The van der Waals surface area contributed by atoms with Gasteiger partial charge in [-0.1, -0.05) is 60.7 Å². The Labute approximate surface area is 219 Å². The third kappa shape index (κ3) is 5.95. The number of methoxy groups -OCH3 is 2. The summed E-state index contributed by atoms with van der Waals surface area (Å²) in [6.45, 7) is 2.44. The van der Waals surface area contributed by atoms with Gasteiger partial charge in [0, 0.05) is 24.2 Å². The first-order chi connectivity index (χ1) is 17.8. The first kappa shape index (κ1) is 26.7. The molecule has 37 heavy (non-hydrogen) atoms. The van der Waals surface area contributed by atoms with Gasteiger partial charge in [-0.25, -0.2) is 8.42 Å². The second kappa shape index (κ2) is 11.8. The molecule has 3 aromatic rings. The molecule has 0 atom stereocenters. The van der Waals surface area contributed by atoms with Gasteiger partial charge in [0.1, 0.15) is 6.04 Å². The fourth-order valence-electron chi connectivity index (χ4n) is 4.82. The molecule has 0 unspecified atom stereocenters. The predicted molar refractivity (Wildman–Crippen MR) is 141 cm³/mol. The Kier molecular flexibility index (Phi) is 8.48. The number of rotatable bonds is 9. The minimum atomic E-state index is -3.88. The maximum absolute atomic E-state index is 13.1. The molecule has 0 spiro atoms. The molecule has 196 valence electrons. The molecule has 1 saturated heterocycles. The van der Waals surface area contributed by atoms with Gasteiger partial charge in [0.25, 0.3) is 0 Å². The molecule has 0 aromatic heterocycles. The second-order valence-corrected chi connectivity index (χ2v) is 11.1. The van der Waals surface area contributed by atoms with Crippen molar-refractivity contribution in [3.63, 3.8) is 0 Å². The SMILES string of the molecule is COc1ccc(S(=O)(=O)N(C)CC(=O)N2CC[NH+](C(c3ccccc3)c3ccccc3)CC2)cc1OC. The highest BCUT2D eigenvalue weighted by molar-refractivity contribution is 7.89. The summed E-state index contributed by atoms with van der Waals surface area (Å²) < 4.78 is 37.8. The van der Waals surface area contributed by atoms with Crippen molar-refractivity contribution >= 4 is 15.9 Å². The van der Waals surface area contributed by atoms with Crippen molar-refractivity contribution in [1.29, 1.82) is 0 Å². The van der Waals surface area contributed by atoms with E-state index in [4.69, 9.17) is 9.47 Å². The molecule has 9 heteroatoms. The highest BCUT2D eigenvalue weighted by Crippen LogP contribution is 2.30. The summed E-state index contributed by atoms with van der Waals surface area (Å²) in [6.07, 6.45) is 0. The average Bonchev–Trinajstić information content (AvgIpc) is 2.94. The molecule has 8 nitrogen and oxygen atoms in total. The smallest absolute Gasteiger partial charge is 0.243 e. The number of hydrogen-bond acceptors (Lipinski definition) is 5. The van der Waals surface area contributed by atoms with Crippen LogP contribution in [0.1, 0.15) is 17.2 Å². The molecule has 0 saturated carbocycles. The van der Waals surface area contributed by atoms with Crippen molar-refractivity contribution in [1.82, 2.24) is 9.21 Å². The number of quaternary nitrogens is 1. The summed E-state index contributed by atoms with van der Waals surface area (Å²) in [4.78, 5) is 16.3. The lowest BCUT2D eigenvalue weighted by molar-refractivity contribution is -0.929. The molecule has 0 aliphatic carbocycles. The van der Waals surface area contributed by atoms with Gasteiger partial charge in [0.2, 0.25) is 15.9 Å². The molecular formula is C28H34N3O5S+. The number of likely N-dealkylation sites (N-methyl/N-ethyl adjacent to an activating group) is 1. The van der Waals surface area contributed by atoms with Crippen LogP contribution in [0.15, 0.2) is 83.8 Å². The van der Waals surface area contributed by atoms with Crippen LogP contribution in [0, 0.1) is 0 Å². The van der Waals surface area contributed by atoms with E-state index in [9.17, 15) is 13.2 Å². The monoisotopic (exact) mass is 524 g/mol. The number of benzene rings is 3. The Bertz CT molecular complexity index is 1250. The summed E-state index contributed by atoms with van der Waals surface area (Å²) in [7, 11) is 0.475. The van der Waals surface area contributed by atoms with Crippen molar-refractivity contribution in [2.45, 2.75) is 10.9 Å². The molecule has 1 aliphatic rings. The Balaban J connectivity index is 1.42. The van der Waals surface area contributed by atoms with Gasteiger partial charge in [-0.3, -0.25) is 4.79 Å². The third-order valence-electron chi connectivity index (χ3n) is 6.85. The lowest BCUT2D eigenvalue weighted by Crippen LogP contribution is -3.15. The predicted octanol–water partition coefficient (Wildman–Crippen LogP) is 1.84. The zero-order valence-corrected chi connectivity index (χ0v) is 22.3. The minimum Gasteiger partial charge on any atom is -0.493 e. The van der Waals surface area contributed by atoms with E-state index in [1.54, 1.807) is 11.0 Å². The fourth-order valence-corrected chi connectivity index (χ4v) is 5.96. The van der Waals surface area contributed by atoms with Gasteiger partial charge in [-0.2, -0.15) is 4.31 Å². The van der Waals surface area contributed by atoms with Crippen LogP contribution in [-0.4, -0.2) is 77.5 Å². The van der Waals surface area contributed by atoms with E-state index in [0.717, 1.165) is 17.4 Å². The molecule has 1 fully saturated rings. The van der Waals surface area contributed by atoms with Gasteiger partial charge in [-0.05, 0) is 12.1 Å². The standard InChI is InChI=1S/C28H33N3O5S/c1-29(37(33,34)24-14-15-25(35-2)26(20-24)36-3)21-27(32)30-16-18-31(19-17-30)28(22-10-6-4-7-11-22)23-12-8-5-9-13-23/h4-15,20,28H,16-19,21H2,1-3H3/p+1. The average molecular weight is 525 g/mol. The molecule has 1 aliphatic heterocycles. The first-order valence-electron chi connectivity index (χ1n) is 12.3. The fraction of sp³-hybridized carbons (Fsp3) is 0.321. The van der Waals surface area contributed by atoms with Crippen molar-refractivity contribution in [3.05, 3.63) is 90.0 Å². The Morgan fingerprint density at radius 3 is 1.95 bits per heavy atom. The largest absolute Gasteiger partial charge is 0.493 e. The number of carbonyl (C=O) groups is 1. The van der Waals surface area contributed by atoms with Crippen molar-refractivity contribution in [2.24, 2.45) is 0 Å². The van der Waals surface area contributed by atoms with Crippen LogP contribution in [0.25, 0.3) is 0 Å². The maximum atomic E-state index is 13.1. The van der Waals surface area contributed by atoms with Gasteiger partial charge in [-0.15, -0.1) is 0 Å². The summed E-state index contributed by atoms with van der Waals surface area (Å²) in [6, 6.07) is 25.4. The Morgan fingerprint density at radius 1 is 0.892 bits per heavy atom. The highest BCUT2D eigenvalue weighted by Gasteiger charge is 2.33. The molecule has 0 bridgehead atoms. The summed E-state index contributed by atoms with van der Waals surface area (Å²) >= 11 is 0. The van der Waals surface area contributed by atoms with Crippen molar-refractivity contribution in [3.8, 4) is 11.5 Å². The van der Waals surface area contributed by atoms with Crippen LogP contribution in [-0.2, 0) is 14.8 Å². The molecule has 1 heterocycles. The van der Waals surface area contributed by atoms with E-state index in [1.165, 1.54) is 49.4 Å². The number of ether oxygens (including phenoxy) is 2. The number of nitrogens with zero attached hydrogens (tertiary/aromatic N) is 2.